The van der Waals surface area contributed by atoms with Crippen molar-refractivity contribution in [2.45, 2.75) is 12.5 Å². The van der Waals surface area contributed by atoms with Gasteiger partial charge in [-0.1, -0.05) is 58.5 Å². The van der Waals surface area contributed by atoms with Gasteiger partial charge < -0.3 is 5.11 Å². The summed E-state index contributed by atoms with van der Waals surface area (Å²) in [5.74, 6) is 0. The second-order valence-corrected chi connectivity index (χ2v) is 5.73. The van der Waals surface area contributed by atoms with Gasteiger partial charge in [-0.05, 0) is 29.8 Å². The van der Waals surface area contributed by atoms with Crippen molar-refractivity contribution in [1.82, 2.24) is 0 Å². The molecular formula is C14H10Cl4O. The Bertz CT molecular complexity index is 598. The molecular weight excluding hydrogens is 326 g/mol. The van der Waals surface area contributed by atoms with Crippen LogP contribution >= 0.6 is 46.4 Å². The van der Waals surface area contributed by atoms with E-state index >= 15 is 0 Å². The molecule has 1 nitrogen and oxygen atoms in total. The van der Waals surface area contributed by atoms with Crippen LogP contribution in [0, 0.1) is 0 Å². The van der Waals surface area contributed by atoms with Gasteiger partial charge in [-0.15, -0.1) is 0 Å². The van der Waals surface area contributed by atoms with Gasteiger partial charge in [0, 0.05) is 22.0 Å². The van der Waals surface area contributed by atoms with Gasteiger partial charge in [0.15, 0.2) is 0 Å². The van der Waals surface area contributed by atoms with E-state index in [4.69, 9.17) is 46.4 Å². The molecule has 1 atom stereocenters. The molecule has 0 amide bonds. The Morgan fingerprint density at radius 2 is 1.68 bits per heavy atom. The first kappa shape index (κ1) is 15.0. The Balaban J connectivity index is 2.28. The summed E-state index contributed by atoms with van der Waals surface area (Å²) in [7, 11) is 0. The monoisotopic (exact) mass is 334 g/mol. The zero-order valence-corrected chi connectivity index (χ0v) is 12.7. The summed E-state index contributed by atoms with van der Waals surface area (Å²) < 4.78 is 0. The minimum Gasteiger partial charge on any atom is -0.388 e. The zero-order valence-electron chi connectivity index (χ0n) is 9.71. The average molecular weight is 336 g/mol. The number of hydrogen-bond donors (Lipinski definition) is 1. The number of aliphatic hydroxyl groups excluding tert-OH is 1. The minimum absolute atomic E-state index is 0.319. The van der Waals surface area contributed by atoms with E-state index in [2.05, 4.69) is 0 Å². The van der Waals surface area contributed by atoms with Crippen molar-refractivity contribution >= 4 is 46.4 Å². The molecule has 1 N–H and O–H groups in total. The van der Waals surface area contributed by atoms with Crippen LogP contribution in [0.5, 0.6) is 0 Å². The fourth-order valence-corrected chi connectivity index (χ4v) is 2.62. The summed E-state index contributed by atoms with van der Waals surface area (Å²) in [6.07, 6.45) is -0.471. The first-order valence-corrected chi connectivity index (χ1v) is 7.06. The number of halogens is 4. The minimum atomic E-state index is -0.790. The predicted molar refractivity (Wildman–Crippen MR) is 81.6 cm³/mol. The molecule has 0 aliphatic heterocycles. The maximum Gasteiger partial charge on any atom is 0.0845 e. The Morgan fingerprint density at radius 1 is 0.947 bits per heavy atom. The standard InChI is InChI=1S/C14H10Cl4O/c15-9-4-5-11(16)8(6-9)7-13(19)10-2-1-3-12(17)14(10)18/h1-6,13,19H,7H2. The van der Waals surface area contributed by atoms with E-state index in [0.29, 0.717) is 32.1 Å². The van der Waals surface area contributed by atoms with Gasteiger partial charge in [-0.2, -0.15) is 0 Å². The van der Waals surface area contributed by atoms with E-state index in [1.807, 2.05) is 0 Å². The molecule has 0 aliphatic rings. The largest absolute Gasteiger partial charge is 0.388 e. The van der Waals surface area contributed by atoms with Crippen molar-refractivity contribution in [2.24, 2.45) is 0 Å². The zero-order chi connectivity index (χ0) is 14.0. The molecule has 0 radical (unpaired) electrons. The van der Waals surface area contributed by atoms with E-state index in [1.54, 1.807) is 36.4 Å². The number of rotatable bonds is 3. The lowest BCUT2D eigenvalue weighted by atomic mass is 10.0. The smallest absolute Gasteiger partial charge is 0.0845 e. The van der Waals surface area contributed by atoms with E-state index < -0.39 is 6.10 Å². The topological polar surface area (TPSA) is 20.2 Å². The molecule has 0 saturated heterocycles. The van der Waals surface area contributed by atoms with Crippen molar-refractivity contribution < 1.29 is 5.11 Å². The maximum absolute atomic E-state index is 10.2. The first-order chi connectivity index (χ1) is 8.99. The molecule has 0 aromatic heterocycles. The van der Waals surface area contributed by atoms with Crippen LogP contribution in [0.1, 0.15) is 17.2 Å². The van der Waals surface area contributed by atoms with Gasteiger partial charge >= 0.3 is 0 Å². The molecule has 0 spiro atoms. The van der Waals surface area contributed by atoms with Crippen LogP contribution in [0.4, 0.5) is 0 Å². The Labute approximate surface area is 131 Å². The maximum atomic E-state index is 10.2. The van der Waals surface area contributed by atoms with Crippen LogP contribution in [0.2, 0.25) is 20.1 Å². The van der Waals surface area contributed by atoms with E-state index in [9.17, 15) is 5.11 Å². The van der Waals surface area contributed by atoms with Gasteiger partial charge in [-0.25, -0.2) is 0 Å². The highest BCUT2D eigenvalue weighted by atomic mass is 35.5. The highest BCUT2D eigenvalue weighted by molar-refractivity contribution is 6.42. The van der Waals surface area contributed by atoms with Gasteiger partial charge in [-0.3, -0.25) is 0 Å². The normalized spacial score (nSPS) is 12.5. The fraction of sp³-hybridized carbons (Fsp3) is 0.143. The Kier molecular flexibility index (Phi) is 4.99. The number of aliphatic hydroxyl groups is 1. The summed E-state index contributed by atoms with van der Waals surface area (Å²) in [5.41, 5.74) is 1.34. The molecule has 0 heterocycles. The molecule has 2 aromatic rings. The van der Waals surface area contributed by atoms with Crippen molar-refractivity contribution in [3.8, 4) is 0 Å². The second kappa shape index (κ2) is 6.34. The van der Waals surface area contributed by atoms with Crippen LogP contribution < -0.4 is 0 Å². The molecule has 0 fully saturated rings. The van der Waals surface area contributed by atoms with Crippen LogP contribution in [0.3, 0.4) is 0 Å². The van der Waals surface area contributed by atoms with Crippen molar-refractivity contribution in [1.29, 1.82) is 0 Å². The molecule has 100 valence electrons. The average Bonchev–Trinajstić information content (AvgIpc) is 2.37. The quantitative estimate of drug-likeness (QED) is 0.776. The van der Waals surface area contributed by atoms with Gasteiger partial charge in [0.2, 0.25) is 0 Å². The summed E-state index contributed by atoms with van der Waals surface area (Å²) >= 11 is 24.0. The molecule has 0 saturated carbocycles. The molecule has 19 heavy (non-hydrogen) atoms. The van der Waals surface area contributed by atoms with Crippen molar-refractivity contribution in [3.05, 3.63) is 67.6 Å². The first-order valence-electron chi connectivity index (χ1n) is 5.55. The van der Waals surface area contributed by atoms with E-state index in [-0.39, 0.29) is 0 Å². The molecule has 1 unspecified atom stereocenters. The lowest BCUT2D eigenvalue weighted by molar-refractivity contribution is 0.178. The molecule has 0 aliphatic carbocycles. The van der Waals surface area contributed by atoms with Gasteiger partial charge in [0.05, 0.1) is 16.1 Å². The lowest BCUT2D eigenvalue weighted by Gasteiger charge is -2.14. The van der Waals surface area contributed by atoms with Crippen LogP contribution in [-0.4, -0.2) is 5.11 Å². The summed E-state index contributed by atoms with van der Waals surface area (Å²) in [6.45, 7) is 0. The third-order valence-corrected chi connectivity index (χ3v) is 4.20. The summed E-state index contributed by atoms with van der Waals surface area (Å²) in [5, 5.41) is 12.1. The number of hydrogen-bond acceptors (Lipinski definition) is 1. The SMILES string of the molecule is OC(Cc1cc(Cl)ccc1Cl)c1cccc(Cl)c1Cl. The third-order valence-electron chi connectivity index (χ3n) is 2.76. The molecule has 0 bridgehead atoms. The van der Waals surface area contributed by atoms with Gasteiger partial charge in [0.1, 0.15) is 0 Å². The predicted octanol–water partition coefficient (Wildman–Crippen LogP) is 5.58. The number of benzene rings is 2. The third kappa shape index (κ3) is 3.56. The Hall–Kier alpha value is -0.440. The summed E-state index contributed by atoms with van der Waals surface area (Å²) in [6, 6.07) is 10.3. The summed E-state index contributed by atoms with van der Waals surface area (Å²) in [4.78, 5) is 0. The van der Waals surface area contributed by atoms with E-state index in [1.165, 1.54) is 0 Å². The fourth-order valence-electron chi connectivity index (χ4n) is 1.80. The molecule has 2 rings (SSSR count). The molecule has 2 aromatic carbocycles. The molecule has 5 heteroatoms. The highest BCUT2D eigenvalue weighted by Gasteiger charge is 2.15. The van der Waals surface area contributed by atoms with E-state index in [0.717, 1.165) is 5.56 Å². The Morgan fingerprint density at radius 3 is 2.42 bits per heavy atom. The second-order valence-electron chi connectivity index (χ2n) is 4.10. The lowest BCUT2D eigenvalue weighted by Crippen LogP contribution is -2.03. The van der Waals surface area contributed by atoms with Crippen LogP contribution in [-0.2, 0) is 6.42 Å². The van der Waals surface area contributed by atoms with Crippen LogP contribution in [0.25, 0.3) is 0 Å². The van der Waals surface area contributed by atoms with Crippen molar-refractivity contribution in [3.63, 3.8) is 0 Å². The highest BCUT2D eigenvalue weighted by Crippen LogP contribution is 2.33. The van der Waals surface area contributed by atoms with Gasteiger partial charge in [0.25, 0.3) is 0 Å². The van der Waals surface area contributed by atoms with Crippen LogP contribution in [0.15, 0.2) is 36.4 Å². The van der Waals surface area contributed by atoms with Crippen molar-refractivity contribution in [2.75, 3.05) is 0 Å².